The quantitative estimate of drug-likeness (QED) is 0.667. The molecule has 1 aromatic rings. The molecule has 0 atom stereocenters. The second-order valence-electron chi connectivity index (χ2n) is 4.45. The van der Waals surface area contributed by atoms with E-state index in [0.29, 0.717) is 9.23 Å². The van der Waals surface area contributed by atoms with E-state index in [1.807, 2.05) is 24.3 Å². The number of nitrogens with one attached hydrogen (secondary N) is 1. The van der Waals surface area contributed by atoms with Crippen molar-refractivity contribution in [3.05, 3.63) is 28.7 Å². The number of thiocarbonyl (C=S) groups is 1. The molecular formula is C15H18N2O2S2. The lowest BCUT2D eigenvalue weighted by atomic mass is 10.1. The van der Waals surface area contributed by atoms with Crippen molar-refractivity contribution in [3.8, 4) is 5.75 Å². The summed E-state index contributed by atoms with van der Waals surface area (Å²) < 4.78 is 5.94. The van der Waals surface area contributed by atoms with E-state index in [-0.39, 0.29) is 5.91 Å². The number of thioether (sulfide) groups is 1. The van der Waals surface area contributed by atoms with Crippen molar-refractivity contribution in [3.63, 3.8) is 0 Å². The third kappa shape index (κ3) is 3.57. The van der Waals surface area contributed by atoms with Gasteiger partial charge in [-0.15, -0.1) is 0 Å². The number of benzene rings is 1. The summed E-state index contributed by atoms with van der Waals surface area (Å²) in [5.41, 5.74) is 1.98. The number of carbonyl (C=O) groups is 1. The van der Waals surface area contributed by atoms with Gasteiger partial charge in [-0.3, -0.25) is 4.79 Å². The van der Waals surface area contributed by atoms with Crippen LogP contribution in [-0.4, -0.2) is 30.4 Å². The molecule has 1 fully saturated rings. The zero-order chi connectivity index (χ0) is 15.4. The minimum atomic E-state index is -0.153. The number of ether oxygens (including phenoxy) is 1. The minimum absolute atomic E-state index is 0.153. The third-order valence-corrected chi connectivity index (χ3v) is 4.44. The van der Waals surface area contributed by atoms with Crippen LogP contribution in [0.4, 0.5) is 5.69 Å². The van der Waals surface area contributed by atoms with E-state index in [0.717, 1.165) is 30.1 Å². The van der Waals surface area contributed by atoms with Gasteiger partial charge < -0.3 is 15.0 Å². The zero-order valence-electron chi connectivity index (χ0n) is 12.3. The smallest absolute Gasteiger partial charge is 0.263 e. The lowest BCUT2D eigenvalue weighted by Crippen LogP contribution is -2.21. The Kier molecular flexibility index (Phi) is 5.25. The monoisotopic (exact) mass is 322 g/mol. The summed E-state index contributed by atoms with van der Waals surface area (Å²) >= 11 is 6.26. The standard InChI is InChI=1S/C15H18N2O2S2/c1-4-17(5-2)11-7-6-10(12(9-11)19-3)8-13-14(18)16-15(20)21-13/h6-9H,4-5H2,1-3H3,(H,16,18,20)/b13-8+. The molecule has 1 aliphatic rings. The fourth-order valence-electron chi connectivity index (χ4n) is 2.17. The van der Waals surface area contributed by atoms with Gasteiger partial charge in [0.25, 0.3) is 5.91 Å². The highest BCUT2D eigenvalue weighted by molar-refractivity contribution is 8.26. The molecule has 2 rings (SSSR count). The average molecular weight is 322 g/mol. The van der Waals surface area contributed by atoms with Gasteiger partial charge in [0.15, 0.2) is 0 Å². The summed E-state index contributed by atoms with van der Waals surface area (Å²) in [6, 6.07) is 6.00. The van der Waals surface area contributed by atoms with Crippen LogP contribution in [0.5, 0.6) is 5.75 Å². The minimum Gasteiger partial charge on any atom is -0.496 e. The topological polar surface area (TPSA) is 41.6 Å². The summed E-state index contributed by atoms with van der Waals surface area (Å²) in [4.78, 5) is 14.6. The number of carbonyl (C=O) groups excluding carboxylic acids is 1. The largest absolute Gasteiger partial charge is 0.496 e. The van der Waals surface area contributed by atoms with Gasteiger partial charge in [0.2, 0.25) is 0 Å². The van der Waals surface area contributed by atoms with Gasteiger partial charge in [0.05, 0.1) is 12.0 Å². The number of nitrogens with zero attached hydrogens (tertiary/aromatic N) is 1. The highest BCUT2D eigenvalue weighted by Gasteiger charge is 2.22. The lowest BCUT2D eigenvalue weighted by molar-refractivity contribution is -0.115. The van der Waals surface area contributed by atoms with E-state index in [1.165, 1.54) is 11.8 Å². The van der Waals surface area contributed by atoms with E-state index in [2.05, 4.69) is 24.1 Å². The van der Waals surface area contributed by atoms with E-state index >= 15 is 0 Å². The van der Waals surface area contributed by atoms with E-state index < -0.39 is 0 Å². The maximum atomic E-state index is 11.7. The predicted molar refractivity (Wildman–Crippen MR) is 92.9 cm³/mol. The molecule has 0 bridgehead atoms. The second-order valence-corrected chi connectivity index (χ2v) is 6.17. The highest BCUT2D eigenvalue weighted by Crippen LogP contribution is 2.31. The lowest BCUT2D eigenvalue weighted by Gasteiger charge is -2.22. The highest BCUT2D eigenvalue weighted by atomic mass is 32.2. The Labute approximate surface area is 134 Å². The van der Waals surface area contributed by atoms with Crippen molar-refractivity contribution in [2.75, 3.05) is 25.1 Å². The average Bonchev–Trinajstić information content (AvgIpc) is 2.79. The predicted octanol–water partition coefficient (Wildman–Crippen LogP) is 3.03. The van der Waals surface area contributed by atoms with Crippen LogP contribution < -0.4 is 15.0 Å². The second kappa shape index (κ2) is 6.95. The first kappa shape index (κ1) is 15.9. The van der Waals surface area contributed by atoms with Crippen molar-refractivity contribution < 1.29 is 9.53 Å². The molecule has 0 aliphatic carbocycles. The van der Waals surface area contributed by atoms with Crippen molar-refractivity contribution in [1.29, 1.82) is 0 Å². The van der Waals surface area contributed by atoms with E-state index in [9.17, 15) is 4.79 Å². The first-order valence-electron chi connectivity index (χ1n) is 6.76. The molecule has 1 N–H and O–H groups in total. The van der Waals surface area contributed by atoms with Crippen LogP contribution in [0.2, 0.25) is 0 Å². The molecule has 1 aliphatic heterocycles. The van der Waals surface area contributed by atoms with Gasteiger partial charge in [-0.25, -0.2) is 0 Å². The summed E-state index contributed by atoms with van der Waals surface area (Å²) in [7, 11) is 1.63. The maximum absolute atomic E-state index is 11.7. The molecule has 1 amide bonds. The molecule has 0 aromatic heterocycles. The molecule has 1 saturated heterocycles. The molecule has 6 heteroatoms. The molecule has 112 valence electrons. The Bertz CT molecular complexity index is 595. The van der Waals surface area contributed by atoms with Crippen LogP contribution >= 0.6 is 24.0 Å². The molecule has 1 heterocycles. The molecule has 4 nitrogen and oxygen atoms in total. The molecule has 1 aromatic carbocycles. The van der Waals surface area contributed by atoms with Crippen LogP contribution in [-0.2, 0) is 4.79 Å². The van der Waals surface area contributed by atoms with Crippen molar-refractivity contribution >= 4 is 46.0 Å². The summed E-state index contributed by atoms with van der Waals surface area (Å²) in [6.07, 6.45) is 1.81. The first-order chi connectivity index (χ1) is 10.1. The van der Waals surface area contributed by atoms with Crippen LogP contribution in [0.15, 0.2) is 23.1 Å². The van der Waals surface area contributed by atoms with E-state index in [1.54, 1.807) is 7.11 Å². The number of methoxy groups -OCH3 is 1. The van der Waals surface area contributed by atoms with Crippen LogP contribution in [0, 0.1) is 0 Å². The number of amides is 1. The summed E-state index contributed by atoms with van der Waals surface area (Å²) in [5, 5.41) is 2.61. The zero-order valence-corrected chi connectivity index (χ0v) is 13.9. The van der Waals surface area contributed by atoms with Gasteiger partial charge >= 0.3 is 0 Å². The fraction of sp³-hybridized carbons (Fsp3) is 0.333. The van der Waals surface area contributed by atoms with Crippen LogP contribution in [0.3, 0.4) is 0 Å². The van der Waals surface area contributed by atoms with Crippen molar-refractivity contribution in [1.82, 2.24) is 5.32 Å². The van der Waals surface area contributed by atoms with Gasteiger partial charge in [0.1, 0.15) is 10.1 Å². The first-order valence-corrected chi connectivity index (χ1v) is 7.99. The normalized spacial score (nSPS) is 16.2. The summed E-state index contributed by atoms with van der Waals surface area (Å²) in [6.45, 7) is 6.11. The number of rotatable bonds is 5. The van der Waals surface area contributed by atoms with E-state index in [4.69, 9.17) is 17.0 Å². The number of hydrogen-bond donors (Lipinski definition) is 1. The summed E-state index contributed by atoms with van der Waals surface area (Å²) in [5.74, 6) is 0.595. The Morgan fingerprint density at radius 1 is 1.38 bits per heavy atom. The Morgan fingerprint density at radius 2 is 2.10 bits per heavy atom. The molecule has 0 radical (unpaired) electrons. The fourth-order valence-corrected chi connectivity index (χ4v) is 3.20. The van der Waals surface area contributed by atoms with Gasteiger partial charge in [-0.2, -0.15) is 0 Å². The third-order valence-electron chi connectivity index (χ3n) is 3.27. The molecule has 0 unspecified atom stereocenters. The molecule has 0 saturated carbocycles. The van der Waals surface area contributed by atoms with Gasteiger partial charge in [0, 0.05) is 30.4 Å². The van der Waals surface area contributed by atoms with Crippen molar-refractivity contribution in [2.45, 2.75) is 13.8 Å². The molecule has 0 spiro atoms. The number of hydrogen-bond acceptors (Lipinski definition) is 5. The van der Waals surface area contributed by atoms with Gasteiger partial charge in [-0.05, 0) is 32.1 Å². The van der Waals surface area contributed by atoms with Gasteiger partial charge in [-0.1, -0.05) is 24.0 Å². The number of anilines is 1. The molecule has 21 heavy (non-hydrogen) atoms. The molecular weight excluding hydrogens is 304 g/mol. The van der Waals surface area contributed by atoms with Crippen LogP contribution in [0.1, 0.15) is 19.4 Å². The SMILES string of the molecule is CCN(CC)c1ccc(/C=C2/SC(=S)NC2=O)c(OC)c1. The van der Waals surface area contributed by atoms with Crippen LogP contribution in [0.25, 0.3) is 6.08 Å². The Morgan fingerprint density at radius 3 is 2.62 bits per heavy atom. The Balaban J connectivity index is 2.35. The van der Waals surface area contributed by atoms with Crippen molar-refractivity contribution in [2.24, 2.45) is 0 Å². The maximum Gasteiger partial charge on any atom is 0.263 e. The Hall–Kier alpha value is -1.53.